The van der Waals surface area contributed by atoms with E-state index in [0.29, 0.717) is 13.0 Å². The van der Waals surface area contributed by atoms with Gasteiger partial charge >= 0.3 is 6.03 Å². The number of hydrogen-bond acceptors (Lipinski definition) is 3. The summed E-state index contributed by atoms with van der Waals surface area (Å²) in [6, 6.07) is 5.52. The van der Waals surface area contributed by atoms with Crippen LogP contribution in [0.4, 0.5) is 10.5 Å². The van der Waals surface area contributed by atoms with E-state index in [0.717, 1.165) is 41.5 Å². The van der Waals surface area contributed by atoms with Crippen molar-refractivity contribution < 1.29 is 4.79 Å². The molecular formula is C23H33N5O. The molecule has 0 spiro atoms. The Morgan fingerprint density at radius 1 is 1.38 bits per heavy atom. The van der Waals surface area contributed by atoms with Crippen LogP contribution < -0.4 is 16.0 Å². The molecule has 29 heavy (non-hydrogen) atoms. The Labute approximate surface area is 173 Å². The van der Waals surface area contributed by atoms with Gasteiger partial charge in [0.25, 0.3) is 0 Å². The van der Waals surface area contributed by atoms with Crippen LogP contribution in [0.15, 0.2) is 60.0 Å². The topological polar surface area (TPSA) is 71.0 Å². The number of nitrogens with zero attached hydrogens (tertiary/aromatic N) is 2. The average Bonchev–Trinajstić information content (AvgIpc) is 3.09. The summed E-state index contributed by atoms with van der Waals surface area (Å²) in [6.45, 7) is 11.8. The Balaban J connectivity index is 0.00000145. The average molecular weight is 396 g/mol. The second kappa shape index (κ2) is 11.1. The number of carbonyl (C=O) groups is 1. The zero-order chi connectivity index (χ0) is 21.2. The number of nitrogens with one attached hydrogen (secondary N) is 3. The van der Waals surface area contributed by atoms with E-state index >= 15 is 0 Å². The van der Waals surface area contributed by atoms with Gasteiger partial charge in [-0.15, -0.1) is 0 Å². The van der Waals surface area contributed by atoms with Crippen LogP contribution in [0.3, 0.4) is 0 Å². The number of amides is 2. The highest BCUT2D eigenvalue weighted by atomic mass is 16.2. The van der Waals surface area contributed by atoms with E-state index in [9.17, 15) is 4.79 Å². The van der Waals surface area contributed by atoms with Gasteiger partial charge in [0, 0.05) is 36.9 Å². The summed E-state index contributed by atoms with van der Waals surface area (Å²) < 4.78 is 1.79. The Kier molecular flexibility index (Phi) is 8.52. The van der Waals surface area contributed by atoms with E-state index in [2.05, 4.69) is 40.6 Å². The summed E-state index contributed by atoms with van der Waals surface area (Å²) in [7, 11) is 1.88. The van der Waals surface area contributed by atoms with Crippen LogP contribution in [0.5, 0.6) is 0 Å². The van der Waals surface area contributed by atoms with Crippen LogP contribution in [0.25, 0.3) is 10.9 Å². The Bertz CT molecular complexity index is 907. The number of carbonyl (C=O) groups excluding carboxylic acids is 1. The Morgan fingerprint density at radius 3 is 2.93 bits per heavy atom. The van der Waals surface area contributed by atoms with Crippen molar-refractivity contribution in [3.05, 3.63) is 60.0 Å². The van der Waals surface area contributed by atoms with Crippen molar-refractivity contribution in [1.29, 1.82) is 0 Å². The molecule has 6 nitrogen and oxygen atoms in total. The number of aromatic nitrogens is 2. The molecule has 6 heteroatoms. The van der Waals surface area contributed by atoms with Crippen molar-refractivity contribution >= 4 is 22.6 Å². The standard InChI is InChI=1S/C21H27N5O.C2H6/c1-15(6-7-17-5-4-11-22-16(17)2)10-12-23-21(27)25-19-9-8-18-14-24-26(3)20(18)13-19;1-2/h6-9,13-14,22H,1,4-5,10-12H2,2-3H3,(H2,23,25,27);1-2H3/b7-6-;. The van der Waals surface area contributed by atoms with Gasteiger partial charge in [-0.2, -0.15) is 5.10 Å². The SMILES string of the molecule is C=C(/C=C\C1=C(C)NCCC1)CCNC(=O)Nc1ccc2cnn(C)c2c1.CC. The van der Waals surface area contributed by atoms with E-state index in [-0.39, 0.29) is 6.03 Å². The number of fused-ring (bicyclic) bond motifs is 1. The number of rotatable bonds is 6. The molecule has 156 valence electrons. The number of benzene rings is 1. The van der Waals surface area contributed by atoms with Crippen molar-refractivity contribution in [3.8, 4) is 0 Å². The highest BCUT2D eigenvalue weighted by molar-refractivity contribution is 5.92. The van der Waals surface area contributed by atoms with Crippen LogP contribution in [0, 0.1) is 0 Å². The lowest BCUT2D eigenvalue weighted by Gasteiger charge is -2.17. The molecule has 0 saturated carbocycles. The predicted octanol–water partition coefficient (Wildman–Crippen LogP) is 4.88. The van der Waals surface area contributed by atoms with Crippen LogP contribution in [-0.4, -0.2) is 28.9 Å². The van der Waals surface area contributed by atoms with Crippen LogP contribution in [0.2, 0.25) is 0 Å². The Hall–Kier alpha value is -3.02. The predicted molar refractivity (Wildman–Crippen MR) is 122 cm³/mol. The summed E-state index contributed by atoms with van der Waals surface area (Å²) in [5.74, 6) is 0. The minimum Gasteiger partial charge on any atom is -0.388 e. The molecule has 0 atom stereocenters. The number of allylic oxidation sites excluding steroid dienone is 4. The largest absolute Gasteiger partial charge is 0.388 e. The van der Waals surface area contributed by atoms with Crippen molar-refractivity contribution in [3.63, 3.8) is 0 Å². The first kappa shape index (κ1) is 22.3. The number of urea groups is 1. The molecule has 0 aliphatic carbocycles. The van der Waals surface area contributed by atoms with Gasteiger partial charge in [0.05, 0.1) is 11.7 Å². The maximum Gasteiger partial charge on any atom is 0.319 e. The van der Waals surface area contributed by atoms with Gasteiger partial charge in [-0.1, -0.05) is 38.2 Å². The summed E-state index contributed by atoms with van der Waals surface area (Å²) >= 11 is 0. The molecule has 2 amide bonds. The second-order valence-electron chi connectivity index (χ2n) is 6.84. The van der Waals surface area contributed by atoms with Gasteiger partial charge < -0.3 is 16.0 Å². The summed E-state index contributed by atoms with van der Waals surface area (Å²) in [5.41, 5.74) is 5.30. The molecule has 0 saturated heterocycles. The zero-order valence-electron chi connectivity index (χ0n) is 18.0. The summed E-state index contributed by atoms with van der Waals surface area (Å²) in [4.78, 5) is 12.1. The normalized spacial score (nSPS) is 13.7. The summed E-state index contributed by atoms with van der Waals surface area (Å²) in [5, 5.41) is 14.4. The fourth-order valence-electron chi connectivity index (χ4n) is 3.10. The highest BCUT2D eigenvalue weighted by Gasteiger charge is 2.06. The molecule has 0 bridgehead atoms. The smallest absolute Gasteiger partial charge is 0.319 e. The third-order valence-electron chi connectivity index (χ3n) is 4.75. The van der Waals surface area contributed by atoms with E-state index in [1.54, 1.807) is 10.9 Å². The number of hydrogen-bond donors (Lipinski definition) is 3. The quantitative estimate of drug-likeness (QED) is 0.611. The molecule has 0 fully saturated rings. The monoisotopic (exact) mass is 395 g/mol. The van der Waals surface area contributed by atoms with Crippen molar-refractivity contribution in [2.24, 2.45) is 7.05 Å². The molecule has 3 N–H and O–H groups in total. The molecule has 3 rings (SSSR count). The van der Waals surface area contributed by atoms with E-state index in [4.69, 9.17) is 0 Å². The van der Waals surface area contributed by atoms with Crippen molar-refractivity contribution in [2.45, 2.75) is 40.0 Å². The van der Waals surface area contributed by atoms with E-state index in [1.165, 1.54) is 11.3 Å². The molecule has 2 aromatic rings. The zero-order valence-corrected chi connectivity index (χ0v) is 18.0. The molecule has 1 aromatic heterocycles. The highest BCUT2D eigenvalue weighted by Crippen LogP contribution is 2.18. The number of aryl methyl sites for hydroxylation is 1. The van der Waals surface area contributed by atoms with Crippen LogP contribution in [0.1, 0.15) is 40.0 Å². The van der Waals surface area contributed by atoms with Crippen LogP contribution in [-0.2, 0) is 7.05 Å². The van der Waals surface area contributed by atoms with E-state index in [1.807, 2.05) is 45.2 Å². The summed E-state index contributed by atoms with van der Waals surface area (Å²) in [6.07, 6.45) is 8.96. The van der Waals surface area contributed by atoms with Crippen LogP contribution >= 0.6 is 0 Å². The fourth-order valence-corrected chi connectivity index (χ4v) is 3.10. The molecule has 0 radical (unpaired) electrons. The van der Waals surface area contributed by atoms with Gasteiger partial charge in [0.15, 0.2) is 0 Å². The second-order valence-corrected chi connectivity index (χ2v) is 6.84. The minimum absolute atomic E-state index is 0.219. The molecule has 2 heterocycles. The molecule has 1 aromatic carbocycles. The maximum absolute atomic E-state index is 12.1. The molecule has 0 unspecified atom stereocenters. The van der Waals surface area contributed by atoms with Crippen molar-refractivity contribution in [1.82, 2.24) is 20.4 Å². The molecule has 1 aliphatic rings. The molecular weight excluding hydrogens is 362 g/mol. The first-order valence-corrected chi connectivity index (χ1v) is 10.3. The van der Waals surface area contributed by atoms with Gasteiger partial charge in [-0.05, 0) is 50.0 Å². The lowest BCUT2D eigenvalue weighted by atomic mass is 10.0. The van der Waals surface area contributed by atoms with Gasteiger partial charge in [0.1, 0.15) is 0 Å². The lowest BCUT2D eigenvalue weighted by molar-refractivity contribution is 0.252. The van der Waals surface area contributed by atoms with E-state index < -0.39 is 0 Å². The Morgan fingerprint density at radius 2 is 2.17 bits per heavy atom. The maximum atomic E-state index is 12.1. The third kappa shape index (κ3) is 6.52. The first-order chi connectivity index (χ1) is 14.0. The first-order valence-electron chi connectivity index (χ1n) is 10.3. The lowest BCUT2D eigenvalue weighted by Crippen LogP contribution is -2.29. The van der Waals surface area contributed by atoms with Gasteiger partial charge in [-0.25, -0.2) is 4.79 Å². The number of anilines is 1. The fraction of sp³-hybridized carbons (Fsp3) is 0.391. The minimum atomic E-state index is -0.219. The van der Waals surface area contributed by atoms with Gasteiger partial charge in [0.2, 0.25) is 0 Å². The molecule has 1 aliphatic heterocycles. The van der Waals surface area contributed by atoms with Gasteiger partial charge in [-0.3, -0.25) is 4.68 Å². The van der Waals surface area contributed by atoms with Crippen molar-refractivity contribution in [2.75, 3.05) is 18.4 Å². The third-order valence-corrected chi connectivity index (χ3v) is 4.75.